The summed E-state index contributed by atoms with van der Waals surface area (Å²) in [7, 11) is 0. The van der Waals surface area contributed by atoms with E-state index in [4.69, 9.17) is 11.6 Å². The lowest BCUT2D eigenvalue weighted by molar-refractivity contribution is 0.717. The van der Waals surface area contributed by atoms with E-state index >= 15 is 0 Å². The van der Waals surface area contributed by atoms with Crippen LogP contribution in [0.2, 0.25) is 5.15 Å². The summed E-state index contributed by atoms with van der Waals surface area (Å²) in [5, 5.41) is 0.547. The fraction of sp³-hybridized carbons (Fsp3) is 0.333. The summed E-state index contributed by atoms with van der Waals surface area (Å²) >= 11 is 5.62. The third kappa shape index (κ3) is 2.89. The summed E-state index contributed by atoms with van der Waals surface area (Å²) in [6.07, 6.45) is 2.76. The maximum Gasteiger partial charge on any atom is 0.129 e. The second-order valence-corrected chi connectivity index (χ2v) is 3.19. The standard InChI is InChI=1S/C9H11ClN/c1-7(2)5-8-3-4-9(10)11-6-8/h3-4,6-7H,1,5H2,2H3. The van der Waals surface area contributed by atoms with Crippen LogP contribution >= 0.6 is 11.6 Å². The fourth-order valence-corrected chi connectivity index (χ4v) is 1.04. The SMILES string of the molecule is [CH2]C(C)Cc1ccc(Cl)nc1. The van der Waals surface area contributed by atoms with Gasteiger partial charge in [0.2, 0.25) is 0 Å². The van der Waals surface area contributed by atoms with Gasteiger partial charge in [0.15, 0.2) is 0 Å². The summed E-state index contributed by atoms with van der Waals surface area (Å²) < 4.78 is 0. The Hall–Kier alpha value is -0.560. The lowest BCUT2D eigenvalue weighted by Crippen LogP contribution is -1.94. The Morgan fingerprint density at radius 2 is 2.36 bits per heavy atom. The summed E-state index contributed by atoms with van der Waals surface area (Å²) in [4.78, 5) is 3.97. The van der Waals surface area contributed by atoms with Gasteiger partial charge in [-0.15, -0.1) is 0 Å². The molecule has 0 saturated heterocycles. The van der Waals surface area contributed by atoms with Crippen molar-refractivity contribution in [3.63, 3.8) is 0 Å². The molecule has 1 unspecified atom stereocenters. The van der Waals surface area contributed by atoms with Crippen molar-refractivity contribution in [2.75, 3.05) is 0 Å². The Morgan fingerprint density at radius 1 is 1.64 bits per heavy atom. The Labute approximate surface area is 72.4 Å². The molecule has 0 fully saturated rings. The van der Waals surface area contributed by atoms with Crippen molar-refractivity contribution in [3.8, 4) is 0 Å². The highest BCUT2D eigenvalue weighted by atomic mass is 35.5. The van der Waals surface area contributed by atoms with E-state index in [1.165, 1.54) is 5.56 Å². The molecule has 1 radical (unpaired) electrons. The van der Waals surface area contributed by atoms with Gasteiger partial charge in [0.25, 0.3) is 0 Å². The summed E-state index contributed by atoms with van der Waals surface area (Å²) in [6, 6.07) is 3.79. The Balaban J connectivity index is 2.66. The van der Waals surface area contributed by atoms with Crippen molar-refractivity contribution in [1.29, 1.82) is 0 Å². The molecule has 0 aliphatic heterocycles. The van der Waals surface area contributed by atoms with E-state index in [1.807, 2.05) is 6.07 Å². The van der Waals surface area contributed by atoms with Gasteiger partial charge in [0.05, 0.1) is 0 Å². The third-order valence-electron chi connectivity index (χ3n) is 1.37. The number of hydrogen-bond acceptors (Lipinski definition) is 1. The van der Waals surface area contributed by atoms with Gasteiger partial charge in [-0.3, -0.25) is 0 Å². The van der Waals surface area contributed by atoms with Crippen LogP contribution in [-0.4, -0.2) is 4.98 Å². The van der Waals surface area contributed by atoms with Crippen LogP contribution in [0.3, 0.4) is 0 Å². The molecule has 0 N–H and O–H groups in total. The van der Waals surface area contributed by atoms with Gasteiger partial charge in [-0.25, -0.2) is 4.98 Å². The molecule has 1 rings (SSSR count). The van der Waals surface area contributed by atoms with Crippen molar-refractivity contribution in [2.45, 2.75) is 13.3 Å². The maximum absolute atomic E-state index is 5.62. The highest BCUT2D eigenvalue weighted by Gasteiger charge is 1.97. The highest BCUT2D eigenvalue weighted by Crippen LogP contribution is 2.09. The third-order valence-corrected chi connectivity index (χ3v) is 1.60. The van der Waals surface area contributed by atoms with Gasteiger partial charge in [0.1, 0.15) is 5.15 Å². The Bertz CT molecular complexity index is 216. The lowest BCUT2D eigenvalue weighted by atomic mass is 10.1. The summed E-state index contributed by atoms with van der Waals surface area (Å²) in [5.74, 6) is 0.429. The van der Waals surface area contributed by atoms with Crippen LogP contribution in [-0.2, 0) is 6.42 Å². The second kappa shape index (κ2) is 3.72. The van der Waals surface area contributed by atoms with E-state index in [1.54, 1.807) is 12.3 Å². The molecule has 59 valence electrons. The number of halogens is 1. The summed E-state index contributed by atoms with van der Waals surface area (Å²) in [5.41, 5.74) is 1.19. The first-order chi connectivity index (χ1) is 5.18. The molecule has 1 nitrogen and oxygen atoms in total. The van der Waals surface area contributed by atoms with Crippen molar-refractivity contribution < 1.29 is 0 Å². The molecule has 1 heterocycles. The molecular weight excluding hydrogens is 158 g/mol. The topological polar surface area (TPSA) is 12.9 Å². The monoisotopic (exact) mass is 168 g/mol. The number of nitrogens with zero attached hydrogens (tertiary/aromatic N) is 1. The smallest absolute Gasteiger partial charge is 0.129 e. The zero-order valence-electron chi connectivity index (χ0n) is 6.55. The predicted octanol–water partition coefficient (Wildman–Crippen LogP) is 2.75. The van der Waals surface area contributed by atoms with Crippen LogP contribution in [0.15, 0.2) is 18.3 Å². The molecule has 0 amide bonds. The maximum atomic E-state index is 5.62. The van der Waals surface area contributed by atoms with E-state index in [-0.39, 0.29) is 0 Å². The molecule has 1 aromatic heterocycles. The molecule has 0 spiro atoms. The lowest BCUT2D eigenvalue weighted by Gasteiger charge is -2.02. The van der Waals surface area contributed by atoms with Crippen molar-refractivity contribution in [1.82, 2.24) is 4.98 Å². The van der Waals surface area contributed by atoms with Crippen molar-refractivity contribution >= 4 is 11.6 Å². The molecule has 0 saturated carbocycles. The first kappa shape index (κ1) is 8.54. The summed E-state index contributed by atoms with van der Waals surface area (Å²) in [6.45, 7) is 5.97. The predicted molar refractivity (Wildman–Crippen MR) is 47.5 cm³/mol. The number of rotatable bonds is 2. The Kier molecular flexibility index (Phi) is 2.89. The second-order valence-electron chi connectivity index (χ2n) is 2.80. The molecule has 1 aromatic rings. The first-order valence-corrected chi connectivity index (χ1v) is 4.00. The van der Waals surface area contributed by atoms with Crippen LogP contribution in [0.25, 0.3) is 0 Å². The van der Waals surface area contributed by atoms with Crippen LogP contribution in [0, 0.1) is 12.8 Å². The molecule has 11 heavy (non-hydrogen) atoms. The van der Waals surface area contributed by atoms with Gasteiger partial charge in [-0.1, -0.05) is 31.5 Å². The molecule has 0 bridgehead atoms. The van der Waals surface area contributed by atoms with Crippen LogP contribution < -0.4 is 0 Å². The van der Waals surface area contributed by atoms with E-state index in [0.717, 1.165) is 6.42 Å². The molecular formula is C9H11ClN. The quantitative estimate of drug-likeness (QED) is 0.619. The molecule has 0 aliphatic carbocycles. The van der Waals surface area contributed by atoms with Crippen LogP contribution in [0.1, 0.15) is 12.5 Å². The van der Waals surface area contributed by atoms with E-state index in [9.17, 15) is 0 Å². The van der Waals surface area contributed by atoms with Gasteiger partial charge in [0, 0.05) is 6.20 Å². The first-order valence-electron chi connectivity index (χ1n) is 3.62. The average molecular weight is 169 g/mol. The zero-order chi connectivity index (χ0) is 8.27. The Morgan fingerprint density at radius 3 is 2.82 bits per heavy atom. The molecule has 0 aromatic carbocycles. The largest absolute Gasteiger partial charge is 0.244 e. The van der Waals surface area contributed by atoms with Gasteiger partial charge in [-0.05, 0) is 24.0 Å². The van der Waals surface area contributed by atoms with Gasteiger partial charge >= 0.3 is 0 Å². The minimum absolute atomic E-state index is 0.429. The van der Waals surface area contributed by atoms with E-state index in [2.05, 4.69) is 18.8 Å². The van der Waals surface area contributed by atoms with E-state index < -0.39 is 0 Å². The van der Waals surface area contributed by atoms with Crippen LogP contribution in [0.5, 0.6) is 0 Å². The number of hydrogen-bond donors (Lipinski definition) is 0. The van der Waals surface area contributed by atoms with Crippen LogP contribution in [0.4, 0.5) is 0 Å². The fourth-order valence-electron chi connectivity index (χ4n) is 0.930. The number of aromatic nitrogens is 1. The zero-order valence-corrected chi connectivity index (χ0v) is 7.30. The average Bonchev–Trinajstić information content (AvgIpc) is 1.93. The van der Waals surface area contributed by atoms with Gasteiger partial charge < -0.3 is 0 Å². The van der Waals surface area contributed by atoms with E-state index in [0.29, 0.717) is 11.1 Å². The normalized spacial score (nSPS) is 10.5. The highest BCUT2D eigenvalue weighted by molar-refractivity contribution is 6.29. The van der Waals surface area contributed by atoms with Crippen molar-refractivity contribution in [3.05, 3.63) is 36.0 Å². The number of pyridine rings is 1. The van der Waals surface area contributed by atoms with Crippen molar-refractivity contribution in [2.24, 2.45) is 5.92 Å². The minimum Gasteiger partial charge on any atom is -0.244 e. The molecule has 1 atom stereocenters. The van der Waals surface area contributed by atoms with Gasteiger partial charge in [-0.2, -0.15) is 0 Å². The molecule has 0 aliphatic rings. The molecule has 2 heteroatoms. The minimum atomic E-state index is 0.429.